The van der Waals surface area contributed by atoms with Gasteiger partial charge in [-0.2, -0.15) is 0 Å². The van der Waals surface area contributed by atoms with Gasteiger partial charge in [-0.15, -0.1) is 0 Å². The van der Waals surface area contributed by atoms with Crippen LogP contribution in [-0.2, 0) is 0 Å². The third-order valence-electron chi connectivity index (χ3n) is 2.96. The van der Waals surface area contributed by atoms with Gasteiger partial charge in [0, 0.05) is 5.56 Å². The summed E-state index contributed by atoms with van der Waals surface area (Å²) >= 11 is 2.94. The Bertz CT molecular complexity index is 645. The van der Waals surface area contributed by atoms with Crippen molar-refractivity contribution in [1.29, 1.82) is 0 Å². The molecule has 1 N–H and O–H groups in total. The topological polar surface area (TPSA) is 12.0 Å². The highest BCUT2D eigenvalue weighted by Crippen LogP contribution is 2.32. The minimum atomic E-state index is -1.07. The molecule has 106 valence electrons. The van der Waals surface area contributed by atoms with Gasteiger partial charge in [0.2, 0.25) is 0 Å². The lowest BCUT2D eigenvalue weighted by Crippen LogP contribution is -2.20. The van der Waals surface area contributed by atoms with Crippen LogP contribution >= 0.6 is 15.9 Å². The van der Waals surface area contributed by atoms with Gasteiger partial charge in [-0.1, -0.05) is 18.2 Å². The van der Waals surface area contributed by atoms with Gasteiger partial charge in [-0.3, -0.25) is 0 Å². The van der Waals surface area contributed by atoms with E-state index in [4.69, 9.17) is 0 Å². The maximum absolute atomic E-state index is 13.8. The molecule has 0 aromatic heterocycles. The molecule has 2 aromatic rings. The van der Waals surface area contributed by atoms with Crippen molar-refractivity contribution in [2.24, 2.45) is 0 Å². The monoisotopic (exact) mass is 347 g/mol. The fraction of sp³-hybridized carbons (Fsp3) is 0.143. The molecular formula is C14H10BrF4N. The lowest BCUT2D eigenvalue weighted by molar-refractivity contribution is 0.482. The summed E-state index contributed by atoms with van der Waals surface area (Å²) in [5.74, 6) is -4.11. The summed E-state index contributed by atoms with van der Waals surface area (Å²) in [5.41, 5.74) is 0.287. The van der Waals surface area contributed by atoms with E-state index in [0.29, 0.717) is 0 Å². The van der Waals surface area contributed by atoms with Crippen LogP contribution in [0.2, 0.25) is 0 Å². The van der Waals surface area contributed by atoms with Crippen LogP contribution in [0.15, 0.2) is 34.8 Å². The standard InChI is InChI=1S/C14H10BrF4N/c1-20-14(8-3-2-4-9(16)12(8)18)7-5-6-10(17)13(19)11(7)15/h2-6,14,20H,1H3. The zero-order valence-electron chi connectivity index (χ0n) is 10.4. The molecule has 1 atom stereocenters. The van der Waals surface area contributed by atoms with E-state index in [-0.39, 0.29) is 15.6 Å². The van der Waals surface area contributed by atoms with Crippen molar-refractivity contribution in [3.63, 3.8) is 0 Å². The fourth-order valence-corrected chi connectivity index (χ4v) is 2.54. The van der Waals surface area contributed by atoms with Gasteiger partial charge in [0.25, 0.3) is 0 Å². The van der Waals surface area contributed by atoms with Crippen LogP contribution in [0.4, 0.5) is 17.6 Å². The predicted octanol–water partition coefficient (Wildman–Crippen LogP) is 4.31. The first-order valence-corrected chi connectivity index (χ1v) is 6.51. The number of nitrogens with one attached hydrogen (secondary N) is 1. The Morgan fingerprint density at radius 3 is 2.20 bits per heavy atom. The van der Waals surface area contributed by atoms with E-state index >= 15 is 0 Å². The van der Waals surface area contributed by atoms with Gasteiger partial charge in [-0.05, 0) is 40.7 Å². The third-order valence-corrected chi connectivity index (χ3v) is 3.76. The van der Waals surface area contributed by atoms with Crippen LogP contribution in [-0.4, -0.2) is 7.05 Å². The number of rotatable bonds is 3. The first-order chi connectivity index (χ1) is 9.47. The van der Waals surface area contributed by atoms with Gasteiger partial charge in [0.05, 0.1) is 10.5 Å². The van der Waals surface area contributed by atoms with E-state index in [1.807, 2.05) is 0 Å². The maximum atomic E-state index is 13.8. The molecule has 2 rings (SSSR count). The van der Waals surface area contributed by atoms with Gasteiger partial charge >= 0.3 is 0 Å². The summed E-state index contributed by atoms with van der Waals surface area (Å²) in [5, 5.41) is 2.76. The zero-order chi connectivity index (χ0) is 14.9. The Labute approximate surface area is 121 Å². The summed E-state index contributed by atoms with van der Waals surface area (Å²) in [6.07, 6.45) is 0. The number of halogens is 5. The van der Waals surface area contributed by atoms with Crippen molar-refractivity contribution in [1.82, 2.24) is 5.32 Å². The van der Waals surface area contributed by atoms with Crippen LogP contribution in [0.5, 0.6) is 0 Å². The first kappa shape index (κ1) is 15.0. The zero-order valence-corrected chi connectivity index (χ0v) is 11.9. The molecule has 2 aromatic carbocycles. The second kappa shape index (κ2) is 5.93. The number of hydrogen-bond acceptors (Lipinski definition) is 1. The largest absolute Gasteiger partial charge is 0.309 e. The molecule has 0 amide bonds. The lowest BCUT2D eigenvalue weighted by Gasteiger charge is -2.20. The molecule has 0 aliphatic rings. The Kier molecular flexibility index (Phi) is 4.45. The van der Waals surface area contributed by atoms with E-state index in [2.05, 4.69) is 21.2 Å². The quantitative estimate of drug-likeness (QED) is 0.644. The van der Waals surface area contributed by atoms with E-state index in [1.54, 1.807) is 0 Å². The number of benzene rings is 2. The molecular weight excluding hydrogens is 338 g/mol. The molecule has 1 nitrogen and oxygen atoms in total. The van der Waals surface area contributed by atoms with Crippen LogP contribution in [0.25, 0.3) is 0 Å². The van der Waals surface area contributed by atoms with Crippen LogP contribution in [0.1, 0.15) is 17.2 Å². The Morgan fingerprint density at radius 1 is 0.900 bits per heavy atom. The van der Waals surface area contributed by atoms with Crippen LogP contribution in [0.3, 0.4) is 0 Å². The molecule has 20 heavy (non-hydrogen) atoms. The molecule has 0 radical (unpaired) electrons. The molecule has 0 heterocycles. The summed E-state index contributed by atoms with van der Waals surface area (Å²) in [6, 6.07) is 5.17. The van der Waals surface area contributed by atoms with E-state index < -0.39 is 29.3 Å². The van der Waals surface area contributed by atoms with Crippen molar-refractivity contribution >= 4 is 15.9 Å². The minimum Gasteiger partial charge on any atom is -0.309 e. The van der Waals surface area contributed by atoms with Crippen molar-refractivity contribution < 1.29 is 17.6 Å². The molecule has 0 saturated carbocycles. The molecule has 0 aliphatic carbocycles. The Balaban J connectivity index is 2.59. The molecule has 0 saturated heterocycles. The Morgan fingerprint density at radius 2 is 1.55 bits per heavy atom. The van der Waals surface area contributed by atoms with E-state index in [9.17, 15) is 17.6 Å². The minimum absolute atomic E-state index is 0.0132. The van der Waals surface area contributed by atoms with Crippen molar-refractivity contribution in [2.75, 3.05) is 7.05 Å². The van der Waals surface area contributed by atoms with Crippen molar-refractivity contribution in [3.8, 4) is 0 Å². The first-order valence-electron chi connectivity index (χ1n) is 5.72. The molecule has 6 heteroatoms. The maximum Gasteiger partial charge on any atom is 0.173 e. The highest BCUT2D eigenvalue weighted by molar-refractivity contribution is 9.10. The molecule has 0 fully saturated rings. The fourth-order valence-electron chi connectivity index (χ4n) is 1.99. The average Bonchev–Trinajstić information content (AvgIpc) is 2.44. The van der Waals surface area contributed by atoms with Gasteiger partial charge in [-0.25, -0.2) is 17.6 Å². The second-order valence-corrected chi connectivity index (χ2v) is 4.92. The third kappa shape index (κ3) is 2.58. The Hall–Kier alpha value is -1.40. The molecule has 0 aliphatic heterocycles. The van der Waals surface area contributed by atoms with E-state index in [0.717, 1.165) is 12.1 Å². The van der Waals surface area contributed by atoms with Gasteiger partial charge in [0.1, 0.15) is 0 Å². The molecule has 0 spiro atoms. The SMILES string of the molecule is CNC(c1cccc(F)c1F)c1ccc(F)c(F)c1Br. The average molecular weight is 348 g/mol. The summed E-state index contributed by atoms with van der Waals surface area (Å²) in [4.78, 5) is 0. The lowest BCUT2D eigenvalue weighted by atomic mass is 9.98. The van der Waals surface area contributed by atoms with Gasteiger partial charge in [0.15, 0.2) is 23.3 Å². The van der Waals surface area contributed by atoms with Gasteiger partial charge < -0.3 is 5.32 Å². The van der Waals surface area contributed by atoms with Crippen molar-refractivity contribution in [2.45, 2.75) is 6.04 Å². The summed E-state index contributed by atoms with van der Waals surface area (Å²) in [6.45, 7) is 0. The van der Waals surface area contributed by atoms with Crippen LogP contribution in [0, 0.1) is 23.3 Å². The van der Waals surface area contributed by atoms with Crippen LogP contribution < -0.4 is 5.32 Å². The van der Waals surface area contributed by atoms with E-state index in [1.165, 1.54) is 25.2 Å². The highest BCUT2D eigenvalue weighted by Gasteiger charge is 2.23. The molecule has 0 bridgehead atoms. The smallest absolute Gasteiger partial charge is 0.173 e. The normalized spacial score (nSPS) is 12.5. The van der Waals surface area contributed by atoms with Crippen molar-refractivity contribution in [3.05, 3.63) is 69.2 Å². The summed E-state index contributed by atoms with van der Waals surface area (Å²) < 4.78 is 53.7. The predicted molar refractivity (Wildman–Crippen MR) is 71.3 cm³/mol. The second-order valence-electron chi connectivity index (χ2n) is 4.13. The molecule has 1 unspecified atom stereocenters. The highest BCUT2D eigenvalue weighted by atomic mass is 79.9. The number of hydrogen-bond donors (Lipinski definition) is 1. The summed E-state index contributed by atoms with van der Waals surface area (Å²) in [7, 11) is 1.52.